The third kappa shape index (κ3) is 2.06. The zero-order valence-electron chi connectivity index (χ0n) is 7.63. The smallest absolute Gasteiger partial charge is 0.108 e. The van der Waals surface area contributed by atoms with Crippen LogP contribution in [-0.2, 0) is 6.54 Å². The highest BCUT2D eigenvalue weighted by Crippen LogP contribution is 2.02. The van der Waals surface area contributed by atoms with Gasteiger partial charge >= 0.3 is 0 Å². The van der Waals surface area contributed by atoms with Crippen molar-refractivity contribution in [2.75, 3.05) is 0 Å². The van der Waals surface area contributed by atoms with Crippen LogP contribution >= 0.6 is 12.2 Å². The minimum absolute atomic E-state index is 0.785. The molecule has 0 atom stereocenters. The van der Waals surface area contributed by atoms with Crippen LogP contribution in [0.2, 0.25) is 0 Å². The molecule has 0 spiro atoms. The van der Waals surface area contributed by atoms with Crippen molar-refractivity contribution in [3.05, 3.63) is 59.1 Å². The van der Waals surface area contributed by atoms with Gasteiger partial charge in [0.2, 0.25) is 0 Å². The molecule has 0 unspecified atom stereocenters. The van der Waals surface area contributed by atoms with E-state index >= 15 is 0 Å². The molecule has 0 radical (unpaired) electrons. The summed E-state index contributed by atoms with van der Waals surface area (Å²) < 4.78 is 2.76. The van der Waals surface area contributed by atoms with Gasteiger partial charge in [-0.05, 0) is 11.6 Å². The van der Waals surface area contributed by atoms with E-state index in [1.54, 1.807) is 12.5 Å². The Balaban J connectivity index is 2.28. The number of hydrogen-bond acceptors (Lipinski definition) is 2. The molecular formula is C11H10N2S. The van der Waals surface area contributed by atoms with E-state index in [1.807, 2.05) is 28.8 Å². The summed E-state index contributed by atoms with van der Waals surface area (Å²) in [6, 6.07) is 12.0. The van der Waals surface area contributed by atoms with Gasteiger partial charge < -0.3 is 4.57 Å². The van der Waals surface area contributed by atoms with Gasteiger partial charge in [0.05, 0.1) is 6.33 Å². The van der Waals surface area contributed by atoms with Crippen molar-refractivity contribution in [1.29, 1.82) is 0 Å². The van der Waals surface area contributed by atoms with Crippen molar-refractivity contribution in [1.82, 2.24) is 9.55 Å². The van der Waals surface area contributed by atoms with Crippen LogP contribution in [0.15, 0.2) is 48.9 Å². The first kappa shape index (κ1) is 9.09. The van der Waals surface area contributed by atoms with Gasteiger partial charge in [-0.1, -0.05) is 42.5 Å². The minimum Gasteiger partial charge on any atom is -0.319 e. The Hall–Kier alpha value is -1.48. The normalized spacial score (nSPS) is 10.0. The van der Waals surface area contributed by atoms with E-state index in [0.29, 0.717) is 0 Å². The van der Waals surface area contributed by atoms with Crippen LogP contribution in [0.4, 0.5) is 0 Å². The maximum absolute atomic E-state index is 5.17. The SMILES string of the molecule is S=c1ccncn1Cc1ccccc1. The van der Waals surface area contributed by atoms with Crippen LogP contribution in [0.1, 0.15) is 5.56 Å². The Morgan fingerprint density at radius 3 is 2.64 bits per heavy atom. The molecule has 14 heavy (non-hydrogen) atoms. The average molecular weight is 202 g/mol. The van der Waals surface area contributed by atoms with Gasteiger partial charge in [0.25, 0.3) is 0 Å². The van der Waals surface area contributed by atoms with Crippen molar-refractivity contribution < 1.29 is 0 Å². The highest BCUT2D eigenvalue weighted by Gasteiger charge is 1.93. The quantitative estimate of drug-likeness (QED) is 0.697. The van der Waals surface area contributed by atoms with E-state index in [-0.39, 0.29) is 0 Å². The van der Waals surface area contributed by atoms with Crippen LogP contribution in [0.25, 0.3) is 0 Å². The molecule has 2 rings (SSSR count). The van der Waals surface area contributed by atoms with Gasteiger partial charge in [-0.2, -0.15) is 0 Å². The van der Waals surface area contributed by atoms with Gasteiger partial charge in [0, 0.05) is 12.7 Å². The third-order valence-corrected chi connectivity index (χ3v) is 2.36. The van der Waals surface area contributed by atoms with Crippen molar-refractivity contribution >= 4 is 12.2 Å². The van der Waals surface area contributed by atoms with Crippen molar-refractivity contribution in [2.45, 2.75) is 6.54 Å². The second-order valence-corrected chi connectivity index (χ2v) is 3.45. The molecule has 70 valence electrons. The summed E-state index contributed by atoms with van der Waals surface area (Å²) in [7, 11) is 0. The Bertz CT molecular complexity index is 462. The summed E-state index contributed by atoms with van der Waals surface area (Å²) in [5, 5.41) is 0. The lowest BCUT2D eigenvalue weighted by Crippen LogP contribution is -2.01. The second kappa shape index (κ2) is 4.15. The third-order valence-electron chi connectivity index (χ3n) is 1.99. The molecule has 0 aliphatic heterocycles. The van der Waals surface area contributed by atoms with E-state index in [9.17, 15) is 0 Å². The van der Waals surface area contributed by atoms with Gasteiger partial charge in [-0.25, -0.2) is 4.98 Å². The van der Waals surface area contributed by atoms with Crippen molar-refractivity contribution in [3.63, 3.8) is 0 Å². The molecule has 0 saturated heterocycles. The lowest BCUT2D eigenvalue weighted by molar-refractivity contribution is 0.755. The number of rotatable bonds is 2. The minimum atomic E-state index is 0.785. The largest absolute Gasteiger partial charge is 0.319 e. The van der Waals surface area contributed by atoms with Crippen LogP contribution < -0.4 is 0 Å². The molecule has 0 saturated carbocycles. The lowest BCUT2D eigenvalue weighted by Gasteiger charge is -2.04. The highest BCUT2D eigenvalue weighted by atomic mass is 32.1. The zero-order chi connectivity index (χ0) is 9.80. The summed E-state index contributed by atoms with van der Waals surface area (Å²) in [4.78, 5) is 4.04. The Kier molecular flexibility index (Phi) is 2.70. The maximum Gasteiger partial charge on any atom is 0.108 e. The summed E-state index contributed by atoms with van der Waals surface area (Å²) in [5.41, 5.74) is 1.23. The van der Waals surface area contributed by atoms with E-state index in [0.717, 1.165) is 11.2 Å². The Morgan fingerprint density at radius 2 is 1.93 bits per heavy atom. The van der Waals surface area contributed by atoms with Gasteiger partial charge in [0.1, 0.15) is 4.64 Å². The van der Waals surface area contributed by atoms with Gasteiger partial charge in [-0.3, -0.25) is 0 Å². The fraction of sp³-hybridized carbons (Fsp3) is 0.0909. The summed E-state index contributed by atoms with van der Waals surface area (Å²) in [6.45, 7) is 0.785. The van der Waals surface area contributed by atoms with E-state index in [2.05, 4.69) is 17.1 Å². The van der Waals surface area contributed by atoms with Gasteiger partial charge in [0.15, 0.2) is 0 Å². The van der Waals surface area contributed by atoms with E-state index in [4.69, 9.17) is 12.2 Å². The first-order valence-electron chi connectivity index (χ1n) is 4.40. The average Bonchev–Trinajstić information content (AvgIpc) is 2.23. The molecule has 2 nitrogen and oxygen atoms in total. The Morgan fingerprint density at radius 1 is 1.14 bits per heavy atom. The summed E-state index contributed by atoms with van der Waals surface area (Å²) >= 11 is 5.17. The highest BCUT2D eigenvalue weighted by molar-refractivity contribution is 7.71. The van der Waals surface area contributed by atoms with Gasteiger partial charge in [-0.15, -0.1) is 0 Å². The molecule has 1 aromatic carbocycles. The second-order valence-electron chi connectivity index (χ2n) is 3.03. The number of hydrogen-bond donors (Lipinski definition) is 0. The fourth-order valence-corrected chi connectivity index (χ4v) is 1.45. The van der Waals surface area contributed by atoms with Crippen LogP contribution in [0, 0.1) is 4.64 Å². The molecule has 0 aliphatic rings. The number of benzene rings is 1. The van der Waals surface area contributed by atoms with Crippen LogP contribution in [0.3, 0.4) is 0 Å². The topological polar surface area (TPSA) is 17.8 Å². The van der Waals surface area contributed by atoms with E-state index in [1.165, 1.54) is 5.56 Å². The molecule has 1 aromatic heterocycles. The zero-order valence-corrected chi connectivity index (χ0v) is 8.45. The van der Waals surface area contributed by atoms with Crippen molar-refractivity contribution in [3.8, 4) is 0 Å². The molecular weight excluding hydrogens is 192 g/mol. The first-order valence-corrected chi connectivity index (χ1v) is 4.81. The van der Waals surface area contributed by atoms with Crippen LogP contribution in [-0.4, -0.2) is 9.55 Å². The van der Waals surface area contributed by atoms with Crippen LogP contribution in [0.5, 0.6) is 0 Å². The molecule has 0 bridgehead atoms. The maximum atomic E-state index is 5.17. The summed E-state index contributed by atoms with van der Waals surface area (Å²) in [5.74, 6) is 0. The predicted molar refractivity (Wildman–Crippen MR) is 58.6 cm³/mol. The summed E-state index contributed by atoms with van der Waals surface area (Å²) in [6.07, 6.45) is 3.47. The molecule has 0 aliphatic carbocycles. The predicted octanol–water partition coefficient (Wildman–Crippen LogP) is 2.66. The number of aromatic nitrogens is 2. The lowest BCUT2D eigenvalue weighted by atomic mass is 10.2. The number of nitrogens with zero attached hydrogens (tertiary/aromatic N) is 2. The molecule has 0 N–H and O–H groups in total. The van der Waals surface area contributed by atoms with E-state index < -0.39 is 0 Å². The standard InChI is InChI=1S/C11H10N2S/c14-11-6-7-12-9-13(11)8-10-4-2-1-3-5-10/h1-7,9H,8H2. The molecule has 0 amide bonds. The Labute approximate surface area is 87.9 Å². The molecule has 2 aromatic rings. The van der Waals surface area contributed by atoms with Crippen molar-refractivity contribution in [2.24, 2.45) is 0 Å². The fourth-order valence-electron chi connectivity index (χ4n) is 1.28. The first-order chi connectivity index (χ1) is 6.86. The monoisotopic (exact) mass is 202 g/mol. The molecule has 1 heterocycles. The molecule has 3 heteroatoms. The molecule has 0 fully saturated rings.